The molecule has 0 fully saturated rings. The van der Waals surface area contributed by atoms with Gasteiger partial charge in [0.25, 0.3) is 0 Å². The van der Waals surface area contributed by atoms with Crippen LogP contribution in [0.15, 0.2) is 55.3 Å². The molecule has 0 saturated heterocycles. The van der Waals surface area contributed by atoms with E-state index in [1.165, 1.54) is 11.8 Å². The first kappa shape index (κ1) is 16.3. The third-order valence-corrected chi connectivity index (χ3v) is 4.68. The van der Waals surface area contributed by atoms with Gasteiger partial charge in [-0.2, -0.15) is 10.1 Å². The van der Waals surface area contributed by atoms with Crippen LogP contribution in [0.25, 0.3) is 22.9 Å². The number of rotatable bonds is 5. The average Bonchev–Trinajstić information content (AvgIpc) is 3.32. The Kier molecular flexibility index (Phi) is 4.56. The van der Waals surface area contributed by atoms with Crippen molar-refractivity contribution in [3.8, 4) is 22.9 Å². The number of hydrogen-bond donors (Lipinski definition) is 1. The van der Waals surface area contributed by atoms with Crippen molar-refractivity contribution in [2.45, 2.75) is 5.16 Å². The Morgan fingerprint density at radius 3 is 2.68 bits per heavy atom. The van der Waals surface area contributed by atoms with Crippen molar-refractivity contribution in [2.75, 3.05) is 12.3 Å². The lowest BCUT2D eigenvalue weighted by Crippen LogP contribution is -2.02. The van der Waals surface area contributed by atoms with E-state index in [9.17, 15) is 0 Å². The predicted octanol–water partition coefficient (Wildman–Crippen LogP) is 4.95. The van der Waals surface area contributed by atoms with Crippen molar-refractivity contribution in [3.05, 3.63) is 40.4 Å². The summed E-state index contributed by atoms with van der Waals surface area (Å²) in [5.74, 6) is 2.42. The zero-order chi connectivity index (χ0) is 17.2. The quantitative estimate of drug-likeness (QED) is 0.621. The molecule has 0 atom stereocenters. The van der Waals surface area contributed by atoms with E-state index in [1.54, 1.807) is 18.2 Å². The first-order valence-electron chi connectivity index (χ1n) is 7.21. The molecule has 10 heteroatoms. The van der Waals surface area contributed by atoms with Crippen molar-refractivity contribution in [1.29, 1.82) is 0 Å². The molecule has 0 bridgehead atoms. The monoisotopic (exact) mass is 392 g/mol. The molecule has 0 unspecified atom stereocenters. The van der Waals surface area contributed by atoms with E-state index in [4.69, 9.17) is 27.6 Å². The van der Waals surface area contributed by atoms with Crippen LogP contribution in [0.2, 0.25) is 10.0 Å². The molecule has 4 rings (SSSR count). The molecule has 2 aromatic heterocycles. The lowest BCUT2D eigenvalue weighted by Gasteiger charge is -1.99. The number of nitrogens with zero attached hydrogens (tertiary/aromatic N) is 5. The molecule has 1 aromatic carbocycles. The Bertz CT molecular complexity index is 960. The second kappa shape index (κ2) is 6.99. The fraction of sp³-hybridized carbons (Fsp3) is 0.133. The van der Waals surface area contributed by atoms with Gasteiger partial charge in [0, 0.05) is 21.4 Å². The van der Waals surface area contributed by atoms with Gasteiger partial charge in [-0.3, -0.25) is 5.10 Å². The van der Waals surface area contributed by atoms with E-state index in [1.807, 2.05) is 12.1 Å². The minimum absolute atomic E-state index is 0.536. The maximum absolute atomic E-state index is 6.04. The number of nitrogens with one attached hydrogen (secondary N) is 1. The first-order chi connectivity index (χ1) is 12.2. The summed E-state index contributed by atoms with van der Waals surface area (Å²) in [5.41, 5.74) is 1.69. The highest BCUT2D eigenvalue weighted by atomic mass is 35.5. The van der Waals surface area contributed by atoms with Crippen LogP contribution in [0.3, 0.4) is 0 Å². The first-order valence-corrected chi connectivity index (χ1v) is 8.95. The molecule has 0 radical (unpaired) electrons. The molecule has 0 amide bonds. The van der Waals surface area contributed by atoms with Crippen LogP contribution in [-0.2, 0) is 0 Å². The molecule has 0 aliphatic carbocycles. The zero-order valence-corrected chi connectivity index (χ0v) is 14.9. The molecule has 3 aromatic rings. The van der Waals surface area contributed by atoms with Crippen LogP contribution in [0.5, 0.6) is 0 Å². The minimum atomic E-state index is 0.536. The molecule has 1 N–H and O–H groups in total. The van der Waals surface area contributed by atoms with Gasteiger partial charge >= 0.3 is 0 Å². The van der Waals surface area contributed by atoms with Crippen molar-refractivity contribution >= 4 is 40.7 Å². The van der Waals surface area contributed by atoms with Crippen LogP contribution < -0.4 is 0 Å². The van der Waals surface area contributed by atoms with E-state index in [-0.39, 0.29) is 0 Å². The third-order valence-electron chi connectivity index (χ3n) is 3.32. The van der Waals surface area contributed by atoms with Crippen molar-refractivity contribution in [3.63, 3.8) is 0 Å². The van der Waals surface area contributed by atoms with E-state index in [2.05, 4.69) is 30.6 Å². The molecular weight excluding hydrogens is 383 g/mol. The minimum Gasteiger partial charge on any atom is -0.453 e. The van der Waals surface area contributed by atoms with Crippen molar-refractivity contribution < 1.29 is 4.42 Å². The highest BCUT2D eigenvalue weighted by molar-refractivity contribution is 7.99. The Labute approximate surface area is 156 Å². The van der Waals surface area contributed by atoms with Gasteiger partial charge in [0.1, 0.15) is 12.3 Å². The van der Waals surface area contributed by atoms with Crippen molar-refractivity contribution in [1.82, 2.24) is 15.2 Å². The van der Waals surface area contributed by atoms with E-state index < -0.39 is 0 Å². The van der Waals surface area contributed by atoms with E-state index >= 15 is 0 Å². The molecule has 1 aliphatic rings. The number of halogens is 2. The van der Waals surface area contributed by atoms with Gasteiger partial charge < -0.3 is 4.42 Å². The molecule has 7 nitrogen and oxygen atoms in total. The molecule has 3 heterocycles. The highest BCUT2D eigenvalue weighted by Crippen LogP contribution is 2.31. The smallest absolute Gasteiger partial charge is 0.209 e. The topological polar surface area (TPSA) is 91.8 Å². The Morgan fingerprint density at radius 2 is 1.92 bits per heavy atom. The molecule has 0 saturated carbocycles. The van der Waals surface area contributed by atoms with Gasteiger partial charge in [-0.15, -0.1) is 10.2 Å². The summed E-state index contributed by atoms with van der Waals surface area (Å²) in [6, 6.07) is 8.90. The summed E-state index contributed by atoms with van der Waals surface area (Å²) >= 11 is 13.5. The fourth-order valence-corrected chi connectivity index (χ4v) is 3.44. The van der Waals surface area contributed by atoms with Gasteiger partial charge in [-0.25, -0.2) is 0 Å². The van der Waals surface area contributed by atoms with Crippen LogP contribution in [0.1, 0.15) is 0 Å². The van der Waals surface area contributed by atoms with E-state index in [0.29, 0.717) is 44.8 Å². The number of H-pyrrole nitrogens is 1. The molecule has 0 spiro atoms. The number of hydrogen-bond acceptors (Lipinski definition) is 7. The summed E-state index contributed by atoms with van der Waals surface area (Å²) < 4.78 is 5.84. The van der Waals surface area contributed by atoms with Crippen LogP contribution in [0, 0.1) is 0 Å². The number of thioether (sulfide) groups is 1. The summed E-state index contributed by atoms with van der Waals surface area (Å²) in [6.45, 7) is 0.536. The van der Waals surface area contributed by atoms with Gasteiger partial charge in [-0.1, -0.05) is 35.0 Å². The Balaban J connectivity index is 1.50. The Hall–Kier alpha value is -2.16. The summed E-state index contributed by atoms with van der Waals surface area (Å²) in [6.07, 6.45) is 0. The lowest BCUT2D eigenvalue weighted by molar-refractivity contribution is 0.592. The number of benzene rings is 1. The van der Waals surface area contributed by atoms with Crippen LogP contribution >= 0.6 is 35.0 Å². The van der Waals surface area contributed by atoms with Gasteiger partial charge in [0.05, 0.1) is 5.71 Å². The maximum atomic E-state index is 6.04. The fourth-order valence-electron chi connectivity index (χ4n) is 2.20. The summed E-state index contributed by atoms with van der Waals surface area (Å²) in [5, 5.41) is 20.0. The molecule has 126 valence electrons. The standard InChI is InChI=1S/C15H10Cl2N6OS/c16-9-3-8(4-10(17)5-9)12-1-2-13(24-12)14-19-15(22-21-14)25-7-11-6-18-23-20-11/h1-5H,6-7H2,(H,19,21,22). The SMILES string of the molecule is Clc1cc(Cl)cc(-c2ccc(-c3nc(SCC4=NN=NC4)n[nH]3)o2)c1. The predicted molar refractivity (Wildman–Crippen MR) is 97.4 cm³/mol. The average molecular weight is 393 g/mol. The van der Waals surface area contributed by atoms with E-state index in [0.717, 1.165) is 11.3 Å². The van der Waals surface area contributed by atoms with Gasteiger partial charge in [-0.05, 0) is 35.6 Å². The molecule has 1 aliphatic heterocycles. The third kappa shape index (κ3) is 3.76. The second-order valence-electron chi connectivity index (χ2n) is 5.13. The lowest BCUT2D eigenvalue weighted by atomic mass is 10.2. The Morgan fingerprint density at radius 1 is 1.12 bits per heavy atom. The zero-order valence-electron chi connectivity index (χ0n) is 12.6. The molecule has 25 heavy (non-hydrogen) atoms. The maximum Gasteiger partial charge on any atom is 0.209 e. The summed E-state index contributed by atoms with van der Waals surface area (Å²) in [4.78, 5) is 4.42. The second-order valence-corrected chi connectivity index (χ2v) is 6.95. The largest absolute Gasteiger partial charge is 0.453 e. The summed E-state index contributed by atoms with van der Waals surface area (Å²) in [7, 11) is 0. The van der Waals surface area contributed by atoms with Gasteiger partial charge in [0.15, 0.2) is 11.6 Å². The molecular formula is C15H10Cl2N6OS. The van der Waals surface area contributed by atoms with Crippen LogP contribution in [0.4, 0.5) is 0 Å². The van der Waals surface area contributed by atoms with Crippen molar-refractivity contribution in [2.24, 2.45) is 15.4 Å². The normalized spacial score (nSPS) is 13.4. The number of furan rings is 1. The highest BCUT2D eigenvalue weighted by Gasteiger charge is 2.13. The van der Waals surface area contributed by atoms with Gasteiger partial charge in [0.2, 0.25) is 5.16 Å². The van der Waals surface area contributed by atoms with Crippen LogP contribution in [-0.4, -0.2) is 33.2 Å². The number of aromatic amines is 1. The number of aromatic nitrogens is 3.